The Hall–Kier alpha value is -2.18. The SMILES string of the molecule is CCCc1cc(NC2CCN(C)C(=O)C2)n2ncnc2n1. The second-order valence-electron chi connectivity index (χ2n) is 5.50. The highest BCUT2D eigenvalue weighted by molar-refractivity contribution is 5.77. The molecule has 0 aliphatic carbocycles. The van der Waals surface area contributed by atoms with Crippen LogP contribution in [0.15, 0.2) is 12.4 Å². The number of nitrogens with one attached hydrogen (secondary N) is 1. The molecular weight excluding hydrogens is 268 g/mol. The van der Waals surface area contributed by atoms with Crippen molar-refractivity contribution >= 4 is 17.5 Å². The minimum atomic E-state index is 0.137. The quantitative estimate of drug-likeness (QED) is 0.912. The first-order chi connectivity index (χ1) is 10.2. The van der Waals surface area contributed by atoms with Gasteiger partial charge in [-0.15, -0.1) is 0 Å². The van der Waals surface area contributed by atoms with Gasteiger partial charge in [-0.1, -0.05) is 13.3 Å². The summed E-state index contributed by atoms with van der Waals surface area (Å²) in [6.45, 7) is 2.91. The summed E-state index contributed by atoms with van der Waals surface area (Å²) in [5, 5.41) is 7.64. The number of carbonyl (C=O) groups is 1. The van der Waals surface area contributed by atoms with Gasteiger partial charge in [0.2, 0.25) is 5.91 Å². The molecule has 112 valence electrons. The van der Waals surface area contributed by atoms with Gasteiger partial charge in [-0.3, -0.25) is 4.79 Å². The Bertz CT molecular complexity index is 652. The van der Waals surface area contributed by atoms with Crippen molar-refractivity contribution in [3.05, 3.63) is 18.1 Å². The Labute approximate surface area is 123 Å². The second kappa shape index (κ2) is 5.67. The Morgan fingerprint density at radius 2 is 2.33 bits per heavy atom. The number of rotatable bonds is 4. The topological polar surface area (TPSA) is 75.4 Å². The van der Waals surface area contributed by atoms with Crippen LogP contribution >= 0.6 is 0 Å². The van der Waals surface area contributed by atoms with Crippen LogP contribution < -0.4 is 5.32 Å². The van der Waals surface area contributed by atoms with Crippen LogP contribution in [0.1, 0.15) is 31.9 Å². The molecule has 1 saturated heterocycles. The highest BCUT2D eigenvalue weighted by Crippen LogP contribution is 2.18. The molecule has 1 atom stereocenters. The van der Waals surface area contributed by atoms with Crippen molar-refractivity contribution in [3.8, 4) is 0 Å². The number of aromatic nitrogens is 4. The molecule has 3 heterocycles. The van der Waals surface area contributed by atoms with Crippen molar-refractivity contribution in [1.82, 2.24) is 24.5 Å². The summed E-state index contributed by atoms with van der Waals surface area (Å²) >= 11 is 0. The molecule has 0 spiro atoms. The number of amides is 1. The van der Waals surface area contributed by atoms with E-state index in [-0.39, 0.29) is 11.9 Å². The Morgan fingerprint density at radius 3 is 3.10 bits per heavy atom. The zero-order chi connectivity index (χ0) is 14.8. The van der Waals surface area contributed by atoms with Gasteiger partial charge in [0.25, 0.3) is 5.78 Å². The van der Waals surface area contributed by atoms with Crippen LogP contribution in [0.2, 0.25) is 0 Å². The van der Waals surface area contributed by atoms with Gasteiger partial charge in [-0.25, -0.2) is 4.98 Å². The number of hydrogen-bond donors (Lipinski definition) is 1. The molecule has 1 aliphatic heterocycles. The van der Waals surface area contributed by atoms with E-state index in [1.165, 1.54) is 6.33 Å². The molecular formula is C14H20N6O. The van der Waals surface area contributed by atoms with Gasteiger partial charge in [-0.2, -0.15) is 14.6 Å². The molecule has 2 aromatic rings. The third-order valence-electron chi connectivity index (χ3n) is 3.82. The first-order valence-corrected chi connectivity index (χ1v) is 7.37. The molecule has 0 aromatic carbocycles. The van der Waals surface area contributed by atoms with Crippen LogP contribution in [0.4, 0.5) is 5.82 Å². The number of carbonyl (C=O) groups excluding carboxylic acids is 1. The average Bonchev–Trinajstić information content (AvgIpc) is 2.92. The molecule has 0 bridgehead atoms. The average molecular weight is 288 g/mol. The van der Waals surface area contributed by atoms with Gasteiger partial charge in [-0.05, 0) is 12.8 Å². The lowest BCUT2D eigenvalue weighted by Gasteiger charge is -2.29. The van der Waals surface area contributed by atoms with Gasteiger partial charge in [0.05, 0.1) is 0 Å². The smallest absolute Gasteiger partial charge is 0.254 e. The molecule has 1 aliphatic rings. The van der Waals surface area contributed by atoms with E-state index in [2.05, 4.69) is 27.3 Å². The van der Waals surface area contributed by atoms with Crippen LogP contribution in [0.3, 0.4) is 0 Å². The Kier molecular flexibility index (Phi) is 3.72. The zero-order valence-electron chi connectivity index (χ0n) is 12.4. The lowest BCUT2D eigenvalue weighted by molar-refractivity contribution is -0.132. The largest absolute Gasteiger partial charge is 0.367 e. The van der Waals surface area contributed by atoms with Crippen molar-refractivity contribution < 1.29 is 4.79 Å². The van der Waals surface area contributed by atoms with E-state index in [9.17, 15) is 4.79 Å². The van der Waals surface area contributed by atoms with Crippen molar-refractivity contribution in [2.75, 3.05) is 18.9 Å². The minimum Gasteiger partial charge on any atom is -0.367 e. The predicted octanol–water partition coefficient (Wildman–Crippen LogP) is 1.11. The number of hydrogen-bond acceptors (Lipinski definition) is 5. The molecule has 7 heteroatoms. The van der Waals surface area contributed by atoms with Crippen LogP contribution in [-0.2, 0) is 11.2 Å². The van der Waals surface area contributed by atoms with Crippen LogP contribution in [-0.4, -0.2) is 50.0 Å². The molecule has 1 fully saturated rings. The fourth-order valence-electron chi connectivity index (χ4n) is 2.62. The van der Waals surface area contributed by atoms with Gasteiger partial charge < -0.3 is 10.2 Å². The fourth-order valence-corrected chi connectivity index (χ4v) is 2.62. The number of likely N-dealkylation sites (tertiary alicyclic amines) is 1. The van der Waals surface area contributed by atoms with Gasteiger partial charge in [0, 0.05) is 37.8 Å². The number of anilines is 1. The summed E-state index contributed by atoms with van der Waals surface area (Å²) < 4.78 is 1.70. The van der Waals surface area contributed by atoms with E-state index >= 15 is 0 Å². The van der Waals surface area contributed by atoms with E-state index < -0.39 is 0 Å². The van der Waals surface area contributed by atoms with Crippen LogP contribution in [0.5, 0.6) is 0 Å². The zero-order valence-corrected chi connectivity index (χ0v) is 12.4. The maximum atomic E-state index is 11.8. The van der Waals surface area contributed by atoms with Gasteiger partial charge >= 0.3 is 0 Å². The van der Waals surface area contributed by atoms with Crippen LogP contribution in [0.25, 0.3) is 5.78 Å². The molecule has 7 nitrogen and oxygen atoms in total. The molecule has 0 radical (unpaired) electrons. The molecule has 2 aromatic heterocycles. The fraction of sp³-hybridized carbons (Fsp3) is 0.571. The van der Waals surface area contributed by atoms with E-state index in [1.54, 1.807) is 9.42 Å². The van der Waals surface area contributed by atoms with Crippen molar-refractivity contribution in [3.63, 3.8) is 0 Å². The molecule has 21 heavy (non-hydrogen) atoms. The molecule has 1 N–H and O–H groups in total. The third kappa shape index (κ3) is 2.81. The van der Waals surface area contributed by atoms with Crippen molar-refractivity contribution in [2.24, 2.45) is 0 Å². The lowest BCUT2D eigenvalue weighted by atomic mass is 10.0. The predicted molar refractivity (Wildman–Crippen MR) is 79.1 cm³/mol. The molecule has 1 unspecified atom stereocenters. The van der Waals surface area contributed by atoms with Crippen molar-refractivity contribution in [2.45, 2.75) is 38.6 Å². The maximum Gasteiger partial charge on any atom is 0.254 e. The first-order valence-electron chi connectivity index (χ1n) is 7.37. The van der Waals surface area contributed by atoms with E-state index in [0.29, 0.717) is 12.2 Å². The van der Waals surface area contributed by atoms with E-state index in [0.717, 1.165) is 37.3 Å². The Balaban J connectivity index is 1.85. The maximum absolute atomic E-state index is 11.8. The summed E-state index contributed by atoms with van der Waals surface area (Å²) in [6.07, 6.45) is 4.89. The van der Waals surface area contributed by atoms with Gasteiger partial charge in [0.15, 0.2) is 0 Å². The van der Waals surface area contributed by atoms with Crippen LogP contribution in [0, 0.1) is 0 Å². The van der Waals surface area contributed by atoms with E-state index in [1.807, 2.05) is 13.1 Å². The molecule has 1 amide bonds. The molecule has 3 rings (SSSR count). The monoisotopic (exact) mass is 288 g/mol. The molecule has 0 saturated carbocycles. The second-order valence-corrected chi connectivity index (χ2v) is 5.50. The number of aryl methyl sites for hydroxylation is 1. The number of piperidine rings is 1. The standard InChI is InChI=1S/C14H20N6O/c1-3-4-10-7-12(20-14(18-10)15-9-16-20)17-11-5-6-19(2)13(21)8-11/h7,9,11,17H,3-6,8H2,1-2H3. The summed E-state index contributed by atoms with van der Waals surface area (Å²) in [7, 11) is 1.85. The normalized spacial score (nSPS) is 19.2. The summed E-state index contributed by atoms with van der Waals surface area (Å²) in [5.41, 5.74) is 1.000. The summed E-state index contributed by atoms with van der Waals surface area (Å²) in [6, 6.07) is 2.14. The number of nitrogens with zero attached hydrogens (tertiary/aromatic N) is 5. The first kappa shape index (κ1) is 13.8. The summed E-state index contributed by atoms with van der Waals surface area (Å²) in [5.74, 6) is 1.64. The third-order valence-corrected chi connectivity index (χ3v) is 3.82. The summed E-state index contributed by atoms with van der Waals surface area (Å²) in [4.78, 5) is 22.2. The van der Waals surface area contributed by atoms with E-state index in [4.69, 9.17) is 0 Å². The number of fused-ring (bicyclic) bond motifs is 1. The van der Waals surface area contributed by atoms with Gasteiger partial charge in [0.1, 0.15) is 12.1 Å². The van der Waals surface area contributed by atoms with Crippen molar-refractivity contribution in [1.29, 1.82) is 0 Å². The highest BCUT2D eigenvalue weighted by Gasteiger charge is 2.24. The minimum absolute atomic E-state index is 0.137. The Morgan fingerprint density at radius 1 is 1.48 bits per heavy atom. The highest BCUT2D eigenvalue weighted by atomic mass is 16.2. The lowest BCUT2D eigenvalue weighted by Crippen LogP contribution is -2.41.